The highest BCUT2D eigenvalue weighted by atomic mass is 16.5. The third kappa shape index (κ3) is 3.12. The van der Waals surface area contributed by atoms with Gasteiger partial charge >= 0.3 is 11.7 Å². The number of nitrogens with zero attached hydrogens (tertiary/aromatic N) is 4. The van der Waals surface area contributed by atoms with Gasteiger partial charge in [0.15, 0.2) is 0 Å². The largest absolute Gasteiger partial charge is 0.462 e. The molecule has 9 heteroatoms. The van der Waals surface area contributed by atoms with Crippen molar-refractivity contribution in [1.29, 1.82) is 0 Å². The summed E-state index contributed by atoms with van der Waals surface area (Å²) < 4.78 is 7.43. The Morgan fingerprint density at radius 1 is 1.15 bits per heavy atom. The van der Waals surface area contributed by atoms with E-state index in [2.05, 4.69) is 4.98 Å². The second-order valence-electron chi connectivity index (χ2n) is 6.40. The molecule has 0 atom stereocenters. The van der Waals surface area contributed by atoms with Crippen LogP contribution in [-0.2, 0) is 23.6 Å². The summed E-state index contributed by atoms with van der Waals surface area (Å²) in [4.78, 5) is 53.8. The van der Waals surface area contributed by atoms with Crippen molar-refractivity contribution in [3.8, 4) is 0 Å². The molecule has 9 nitrogen and oxygen atoms in total. The van der Waals surface area contributed by atoms with E-state index in [1.165, 1.54) is 37.8 Å². The summed E-state index contributed by atoms with van der Waals surface area (Å²) in [5.41, 5.74) is -0.428. The zero-order chi connectivity index (χ0) is 19.0. The summed E-state index contributed by atoms with van der Waals surface area (Å²) >= 11 is 0. The number of likely N-dealkylation sites (tertiary alicyclic amines) is 1. The number of piperidine rings is 1. The topological polar surface area (TPSA) is 104 Å². The Labute approximate surface area is 148 Å². The number of carbonyl (C=O) groups is 2. The fraction of sp³-hybridized carbons (Fsp3) is 0.471. The summed E-state index contributed by atoms with van der Waals surface area (Å²) in [7, 11) is 2.91. The minimum Gasteiger partial charge on any atom is -0.462 e. The van der Waals surface area contributed by atoms with Crippen LogP contribution >= 0.6 is 0 Å². The van der Waals surface area contributed by atoms with Crippen LogP contribution in [0.4, 0.5) is 0 Å². The van der Waals surface area contributed by atoms with E-state index in [4.69, 9.17) is 4.74 Å². The molecule has 0 aromatic carbocycles. The summed E-state index contributed by atoms with van der Waals surface area (Å²) in [6.07, 6.45) is 2.35. The van der Waals surface area contributed by atoms with Crippen LogP contribution in [-0.4, -0.2) is 50.1 Å². The molecular formula is C17H20N4O5. The van der Waals surface area contributed by atoms with Gasteiger partial charge in [-0.1, -0.05) is 0 Å². The number of aromatic nitrogens is 3. The van der Waals surface area contributed by atoms with Crippen molar-refractivity contribution in [3.63, 3.8) is 0 Å². The van der Waals surface area contributed by atoms with Gasteiger partial charge in [0.1, 0.15) is 11.8 Å². The van der Waals surface area contributed by atoms with Crippen molar-refractivity contribution in [2.24, 2.45) is 14.1 Å². The molecule has 3 heterocycles. The zero-order valence-electron chi connectivity index (χ0n) is 14.9. The second kappa shape index (κ2) is 6.74. The van der Waals surface area contributed by atoms with E-state index in [9.17, 15) is 19.2 Å². The van der Waals surface area contributed by atoms with Crippen LogP contribution in [0.5, 0.6) is 0 Å². The fourth-order valence-electron chi connectivity index (χ4n) is 3.18. The van der Waals surface area contributed by atoms with Gasteiger partial charge in [-0.25, -0.2) is 9.78 Å². The molecule has 0 radical (unpaired) electrons. The van der Waals surface area contributed by atoms with Crippen LogP contribution in [0.25, 0.3) is 11.0 Å². The lowest BCUT2D eigenvalue weighted by molar-refractivity contribution is -0.148. The first-order valence-electron chi connectivity index (χ1n) is 8.32. The van der Waals surface area contributed by atoms with Gasteiger partial charge in [0.05, 0.1) is 10.9 Å². The second-order valence-corrected chi connectivity index (χ2v) is 6.40. The van der Waals surface area contributed by atoms with Gasteiger partial charge in [-0.15, -0.1) is 0 Å². The summed E-state index contributed by atoms with van der Waals surface area (Å²) in [5.74, 6) is -0.563. The molecule has 0 N–H and O–H groups in total. The highest BCUT2D eigenvalue weighted by molar-refractivity contribution is 5.96. The molecule has 1 aliphatic rings. The number of hydrogen-bond donors (Lipinski definition) is 0. The van der Waals surface area contributed by atoms with E-state index in [0.717, 1.165) is 4.57 Å². The Balaban J connectivity index is 1.87. The quantitative estimate of drug-likeness (QED) is 0.687. The number of pyridine rings is 1. The third-order valence-corrected chi connectivity index (χ3v) is 4.60. The lowest BCUT2D eigenvalue weighted by Crippen LogP contribution is -2.41. The van der Waals surface area contributed by atoms with Gasteiger partial charge < -0.3 is 9.64 Å². The minimum atomic E-state index is -0.487. The molecule has 0 bridgehead atoms. The van der Waals surface area contributed by atoms with Gasteiger partial charge in [-0.2, -0.15) is 0 Å². The number of fused-ring (bicyclic) bond motifs is 1. The fourth-order valence-corrected chi connectivity index (χ4v) is 3.18. The predicted octanol–water partition coefficient (Wildman–Crippen LogP) is -0.200. The Kier molecular flexibility index (Phi) is 4.62. The van der Waals surface area contributed by atoms with Gasteiger partial charge in [0, 0.05) is 53.1 Å². The Morgan fingerprint density at radius 2 is 1.81 bits per heavy atom. The molecule has 0 spiro atoms. The summed E-state index contributed by atoms with van der Waals surface area (Å²) in [6.45, 7) is 2.28. The van der Waals surface area contributed by atoms with E-state index in [0.29, 0.717) is 31.5 Å². The smallest absolute Gasteiger partial charge is 0.332 e. The van der Waals surface area contributed by atoms with Crippen LogP contribution in [0.2, 0.25) is 0 Å². The molecule has 3 rings (SSSR count). The molecule has 1 fully saturated rings. The van der Waals surface area contributed by atoms with Crippen LogP contribution in [0.15, 0.2) is 21.9 Å². The molecule has 0 aliphatic carbocycles. The van der Waals surface area contributed by atoms with Crippen LogP contribution in [0.3, 0.4) is 0 Å². The molecule has 26 heavy (non-hydrogen) atoms. The lowest BCUT2D eigenvalue weighted by Gasteiger charge is -2.31. The number of aryl methyl sites for hydroxylation is 1. The van der Waals surface area contributed by atoms with Crippen LogP contribution < -0.4 is 11.2 Å². The van der Waals surface area contributed by atoms with Crippen LogP contribution in [0.1, 0.15) is 30.1 Å². The molecule has 1 aliphatic heterocycles. The molecule has 1 saturated heterocycles. The van der Waals surface area contributed by atoms with Crippen molar-refractivity contribution >= 4 is 22.9 Å². The van der Waals surface area contributed by atoms with E-state index in [1.807, 2.05) is 0 Å². The van der Waals surface area contributed by atoms with Gasteiger partial charge in [0.25, 0.3) is 11.5 Å². The number of hydrogen-bond acceptors (Lipinski definition) is 6. The maximum absolute atomic E-state index is 12.7. The average Bonchev–Trinajstić information content (AvgIpc) is 2.63. The molecular weight excluding hydrogens is 340 g/mol. The molecule has 0 unspecified atom stereocenters. The molecule has 0 saturated carbocycles. The summed E-state index contributed by atoms with van der Waals surface area (Å²) in [6, 6.07) is 1.48. The van der Waals surface area contributed by atoms with Crippen molar-refractivity contribution in [1.82, 2.24) is 19.0 Å². The first kappa shape index (κ1) is 17.8. The monoisotopic (exact) mass is 360 g/mol. The average molecular weight is 360 g/mol. The zero-order valence-corrected chi connectivity index (χ0v) is 14.9. The molecule has 1 amide bonds. The number of rotatable bonds is 2. The van der Waals surface area contributed by atoms with E-state index in [1.54, 1.807) is 4.90 Å². The van der Waals surface area contributed by atoms with Crippen molar-refractivity contribution in [3.05, 3.63) is 38.7 Å². The van der Waals surface area contributed by atoms with E-state index in [-0.39, 0.29) is 29.0 Å². The first-order chi connectivity index (χ1) is 12.3. The molecule has 138 valence electrons. The molecule has 2 aromatic rings. The normalized spacial score (nSPS) is 15.3. The SMILES string of the molecule is CC(=O)OC1CCN(C(=O)c2cnc3c(c2)c(=O)n(C)c(=O)n3C)CC1. The number of carbonyl (C=O) groups excluding carboxylic acids is 2. The Bertz CT molecular complexity index is 999. The van der Waals surface area contributed by atoms with E-state index < -0.39 is 11.2 Å². The number of ether oxygens (including phenoxy) is 1. The Morgan fingerprint density at radius 3 is 2.42 bits per heavy atom. The highest BCUT2D eigenvalue weighted by Crippen LogP contribution is 2.17. The minimum absolute atomic E-state index is 0.173. The maximum atomic E-state index is 12.7. The number of amides is 1. The van der Waals surface area contributed by atoms with Gasteiger partial charge in [-0.3, -0.25) is 23.5 Å². The summed E-state index contributed by atoms with van der Waals surface area (Å²) in [5, 5.41) is 0.218. The van der Waals surface area contributed by atoms with Crippen molar-refractivity contribution < 1.29 is 14.3 Å². The lowest BCUT2D eigenvalue weighted by atomic mass is 10.1. The van der Waals surface area contributed by atoms with E-state index >= 15 is 0 Å². The highest BCUT2D eigenvalue weighted by Gasteiger charge is 2.26. The van der Waals surface area contributed by atoms with Crippen LogP contribution in [0, 0.1) is 0 Å². The maximum Gasteiger partial charge on any atom is 0.332 e. The van der Waals surface area contributed by atoms with Gasteiger partial charge in [0.2, 0.25) is 0 Å². The predicted molar refractivity (Wildman–Crippen MR) is 92.9 cm³/mol. The molecule has 2 aromatic heterocycles. The standard InChI is InChI=1S/C17H20N4O5/c1-10(22)26-12-4-6-21(7-5-12)15(23)11-8-13-14(18-9-11)19(2)17(25)20(3)16(13)24/h8-9,12H,4-7H2,1-3H3. The first-order valence-corrected chi connectivity index (χ1v) is 8.32. The van der Waals surface area contributed by atoms with Gasteiger partial charge in [-0.05, 0) is 6.07 Å². The third-order valence-electron chi connectivity index (χ3n) is 4.60. The van der Waals surface area contributed by atoms with Crippen molar-refractivity contribution in [2.45, 2.75) is 25.9 Å². The Hall–Kier alpha value is -2.97. The van der Waals surface area contributed by atoms with Crippen molar-refractivity contribution in [2.75, 3.05) is 13.1 Å². The number of esters is 1.